The fraction of sp³-hybridized carbons (Fsp3) is 0.273. The first-order chi connectivity index (χ1) is 8.41. The molecule has 18 heavy (non-hydrogen) atoms. The SMILES string of the molecule is Cc1c(C(C)N)nnn1-c1c(Cl)cc(F)cc1Br. The third-order valence-corrected chi connectivity index (χ3v) is 3.45. The summed E-state index contributed by atoms with van der Waals surface area (Å²) in [4.78, 5) is 0. The maximum Gasteiger partial charge on any atom is 0.125 e. The van der Waals surface area contributed by atoms with Crippen LogP contribution in [0.3, 0.4) is 0 Å². The summed E-state index contributed by atoms with van der Waals surface area (Å²) in [7, 11) is 0. The molecule has 2 N–H and O–H groups in total. The summed E-state index contributed by atoms with van der Waals surface area (Å²) in [6, 6.07) is 2.33. The predicted octanol–water partition coefficient (Wildman–Crippen LogP) is 3.15. The number of benzene rings is 1. The summed E-state index contributed by atoms with van der Waals surface area (Å²) in [6.07, 6.45) is 0. The molecule has 0 aliphatic carbocycles. The first-order valence-corrected chi connectivity index (χ1v) is 6.41. The smallest absolute Gasteiger partial charge is 0.125 e. The highest BCUT2D eigenvalue weighted by molar-refractivity contribution is 9.10. The van der Waals surface area contributed by atoms with Crippen LogP contribution in [0.4, 0.5) is 4.39 Å². The van der Waals surface area contributed by atoms with Gasteiger partial charge in [-0.2, -0.15) is 0 Å². The Bertz CT molecular complexity index is 574. The highest BCUT2D eigenvalue weighted by Gasteiger charge is 2.17. The second-order valence-electron chi connectivity index (χ2n) is 3.98. The van der Waals surface area contributed by atoms with E-state index in [1.807, 2.05) is 13.8 Å². The van der Waals surface area contributed by atoms with Crippen LogP contribution in [0.15, 0.2) is 16.6 Å². The largest absolute Gasteiger partial charge is 0.323 e. The van der Waals surface area contributed by atoms with Gasteiger partial charge in [0.25, 0.3) is 0 Å². The molecule has 2 rings (SSSR count). The number of nitrogens with zero attached hydrogens (tertiary/aromatic N) is 3. The molecule has 0 saturated carbocycles. The number of hydrogen-bond acceptors (Lipinski definition) is 3. The normalized spacial score (nSPS) is 12.8. The van der Waals surface area contributed by atoms with Gasteiger partial charge < -0.3 is 5.73 Å². The summed E-state index contributed by atoms with van der Waals surface area (Å²) in [5, 5.41) is 8.27. The number of hydrogen-bond donors (Lipinski definition) is 1. The van der Waals surface area contributed by atoms with E-state index in [4.69, 9.17) is 17.3 Å². The van der Waals surface area contributed by atoms with Gasteiger partial charge in [0, 0.05) is 10.5 Å². The summed E-state index contributed by atoms with van der Waals surface area (Å²) >= 11 is 9.31. The van der Waals surface area contributed by atoms with Crippen molar-refractivity contribution in [1.29, 1.82) is 0 Å². The van der Waals surface area contributed by atoms with E-state index in [0.29, 0.717) is 15.9 Å². The van der Waals surface area contributed by atoms with Crippen LogP contribution in [-0.2, 0) is 0 Å². The van der Waals surface area contributed by atoms with Gasteiger partial charge in [-0.3, -0.25) is 0 Å². The molecule has 4 nitrogen and oxygen atoms in total. The Morgan fingerprint density at radius 2 is 2.17 bits per heavy atom. The van der Waals surface area contributed by atoms with Crippen molar-refractivity contribution in [1.82, 2.24) is 15.0 Å². The minimum Gasteiger partial charge on any atom is -0.323 e. The lowest BCUT2D eigenvalue weighted by Gasteiger charge is -2.09. The number of nitrogens with two attached hydrogens (primary N) is 1. The Labute approximate surface area is 117 Å². The topological polar surface area (TPSA) is 56.7 Å². The van der Waals surface area contributed by atoms with Crippen LogP contribution < -0.4 is 5.73 Å². The van der Waals surface area contributed by atoms with Crippen molar-refractivity contribution in [2.24, 2.45) is 5.73 Å². The van der Waals surface area contributed by atoms with Crippen LogP contribution in [0.5, 0.6) is 0 Å². The third kappa shape index (κ3) is 2.28. The van der Waals surface area contributed by atoms with E-state index < -0.39 is 5.82 Å². The Morgan fingerprint density at radius 3 is 2.67 bits per heavy atom. The average molecular weight is 334 g/mol. The molecule has 0 amide bonds. The van der Waals surface area contributed by atoms with Crippen molar-refractivity contribution in [2.45, 2.75) is 19.9 Å². The van der Waals surface area contributed by atoms with Crippen LogP contribution in [0.2, 0.25) is 5.02 Å². The Balaban J connectivity index is 2.63. The van der Waals surface area contributed by atoms with Crippen LogP contribution in [-0.4, -0.2) is 15.0 Å². The number of halogens is 3. The zero-order chi connectivity index (χ0) is 13.4. The van der Waals surface area contributed by atoms with Crippen molar-refractivity contribution in [3.8, 4) is 5.69 Å². The summed E-state index contributed by atoms with van der Waals surface area (Å²) in [5.74, 6) is -0.416. The van der Waals surface area contributed by atoms with Gasteiger partial charge in [-0.1, -0.05) is 16.8 Å². The van der Waals surface area contributed by atoms with Gasteiger partial charge in [0.05, 0.1) is 16.4 Å². The molecular weight excluding hydrogens is 323 g/mol. The van der Waals surface area contributed by atoms with Gasteiger partial charge in [-0.25, -0.2) is 9.07 Å². The predicted molar refractivity (Wildman–Crippen MR) is 71.4 cm³/mol. The second kappa shape index (κ2) is 4.95. The lowest BCUT2D eigenvalue weighted by atomic mass is 10.2. The molecule has 7 heteroatoms. The third-order valence-electron chi connectivity index (χ3n) is 2.56. The highest BCUT2D eigenvalue weighted by Crippen LogP contribution is 2.31. The van der Waals surface area contributed by atoms with E-state index in [0.717, 1.165) is 5.69 Å². The zero-order valence-electron chi connectivity index (χ0n) is 9.78. The van der Waals surface area contributed by atoms with E-state index in [-0.39, 0.29) is 11.1 Å². The first kappa shape index (κ1) is 13.5. The van der Waals surface area contributed by atoms with Gasteiger partial charge in [0.2, 0.25) is 0 Å². The molecule has 1 heterocycles. The van der Waals surface area contributed by atoms with Gasteiger partial charge in [0.15, 0.2) is 0 Å². The fourth-order valence-corrected chi connectivity index (χ4v) is 2.71. The average Bonchev–Trinajstić information content (AvgIpc) is 2.59. The summed E-state index contributed by atoms with van der Waals surface area (Å²) in [5.41, 5.74) is 7.80. The number of rotatable bonds is 2. The van der Waals surface area contributed by atoms with Crippen molar-refractivity contribution in [2.75, 3.05) is 0 Å². The Kier molecular flexibility index (Phi) is 3.70. The molecule has 0 fully saturated rings. The molecule has 1 atom stereocenters. The minimum absolute atomic E-state index is 0.225. The van der Waals surface area contributed by atoms with E-state index in [1.54, 1.807) is 4.68 Å². The molecule has 1 aromatic carbocycles. The molecule has 0 aliphatic rings. The highest BCUT2D eigenvalue weighted by atomic mass is 79.9. The molecule has 0 bridgehead atoms. The molecule has 0 radical (unpaired) electrons. The van der Waals surface area contributed by atoms with E-state index in [1.165, 1.54) is 12.1 Å². The van der Waals surface area contributed by atoms with Crippen molar-refractivity contribution in [3.05, 3.63) is 38.8 Å². The van der Waals surface area contributed by atoms with E-state index in [2.05, 4.69) is 26.2 Å². The molecule has 0 aliphatic heterocycles. The monoisotopic (exact) mass is 332 g/mol. The minimum atomic E-state index is -0.416. The van der Waals surface area contributed by atoms with Gasteiger partial charge in [-0.05, 0) is 41.9 Å². The molecule has 0 saturated heterocycles. The van der Waals surface area contributed by atoms with Crippen molar-refractivity contribution < 1.29 is 4.39 Å². The van der Waals surface area contributed by atoms with E-state index in [9.17, 15) is 4.39 Å². The van der Waals surface area contributed by atoms with Crippen molar-refractivity contribution >= 4 is 27.5 Å². The molecule has 2 aromatic rings. The second-order valence-corrected chi connectivity index (χ2v) is 5.24. The summed E-state index contributed by atoms with van der Waals surface area (Å²) in [6.45, 7) is 3.66. The maximum atomic E-state index is 13.2. The molecular formula is C11H11BrClFN4. The molecule has 1 aromatic heterocycles. The van der Waals surface area contributed by atoms with E-state index >= 15 is 0 Å². The Morgan fingerprint density at radius 1 is 1.50 bits per heavy atom. The quantitative estimate of drug-likeness (QED) is 0.918. The van der Waals surface area contributed by atoms with Crippen LogP contribution in [0, 0.1) is 12.7 Å². The first-order valence-electron chi connectivity index (χ1n) is 5.24. The fourth-order valence-electron chi connectivity index (χ4n) is 1.71. The molecule has 0 spiro atoms. The Hall–Kier alpha value is -0.980. The standard InChI is InChI=1S/C11H11BrClFN4/c1-5(15)10-6(2)18(17-16-10)11-8(12)3-7(14)4-9(11)13/h3-5H,15H2,1-2H3. The van der Waals surface area contributed by atoms with Gasteiger partial charge in [-0.15, -0.1) is 5.10 Å². The van der Waals surface area contributed by atoms with Crippen LogP contribution >= 0.6 is 27.5 Å². The maximum absolute atomic E-state index is 13.2. The lowest BCUT2D eigenvalue weighted by molar-refractivity contribution is 0.625. The van der Waals surface area contributed by atoms with Crippen molar-refractivity contribution in [3.63, 3.8) is 0 Å². The molecule has 96 valence electrons. The van der Waals surface area contributed by atoms with Crippen LogP contribution in [0.1, 0.15) is 24.4 Å². The van der Waals surface area contributed by atoms with Gasteiger partial charge >= 0.3 is 0 Å². The summed E-state index contributed by atoms with van der Waals surface area (Å²) < 4.78 is 15.2. The van der Waals surface area contributed by atoms with Gasteiger partial charge in [0.1, 0.15) is 11.5 Å². The lowest BCUT2D eigenvalue weighted by Crippen LogP contribution is -2.08. The number of aromatic nitrogens is 3. The molecule has 1 unspecified atom stereocenters. The zero-order valence-corrected chi connectivity index (χ0v) is 12.1. The van der Waals surface area contributed by atoms with Crippen LogP contribution in [0.25, 0.3) is 5.69 Å².